The molecule has 39 heavy (non-hydrogen) atoms. The molecular formula is C28H25Cl2FN4O3S. The summed E-state index contributed by atoms with van der Waals surface area (Å²) < 4.78 is 43.1. The van der Waals surface area contributed by atoms with Crippen LogP contribution in [0.2, 0.25) is 10.0 Å². The third-order valence-corrected chi connectivity index (χ3v) is 8.20. The summed E-state index contributed by atoms with van der Waals surface area (Å²) >= 11 is 12.3. The predicted molar refractivity (Wildman–Crippen MR) is 153 cm³/mol. The van der Waals surface area contributed by atoms with Gasteiger partial charge in [0.05, 0.1) is 16.8 Å². The number of rotatable bonds is 8. The van der Waals surface area contributed by atoms with Gasteiger partial charge in [0.25, 0.3) is 15.9 Å². The first-order valence-electron chi connectivity index (χ1n) is 11.8. The topological polar surface area (TPSA) is 83.8 Å². The molecule has 0 bridgehead atoms. The van der Waals surface area contributed by atoms with E-state index in [1.807, 2.05) is 31.4 Å². The number of aromatic nitrogens is 1. The lowest BCUT2D eigenvalue weighted by Gasteiger charge is -2.23. The monoisotopic (exact) mass is 586 g/mol. The summed E-state index contributed by atoms with van der Waals surface area (Å²) in [4.78, 5) is 12.7. The molecule has 0 fully saturated rings. The molecule has 0 atom stereocenters. The second-order valence-electron chi connectivity index (χ2n) is 8.88. The van der Waals surface area contributed by atoms with Gasteiger partial charge in [0.1, 0.15) is 12.4 Å². The van der Waals surface area contributed by atoms with Gasteiger partial charge in [-0.15, -0.1) is 0 Å². The van der Waals surface area contributed by atoms with Crippen molar-refractivity contribution in [1.82, 2.24) is 9.99 Å². The highest BCUT2D eigenvalue weighted by atomic mass is 35.5. The van der Waals surface area contributed by atoms with Crippen molar-refractivity contribution >= 4 is 51.0 Å². The number of halogens is 3. The Morgan fingerprint density at radius 1 is 0.974 bits per heavy atom. The van der Waals surface area contributed by atoms with Crippen LogP contribution in [0.1, 0.15) is 22.5 Å². The first-order chi connectivity index (χ1) is 18.5. The van der Waals surface area contributed by atoms with Crippen LogP contribution >= 0.6 is 23.2 Å². The van der Waals surface area contributed by atoms with E-state index in [1.54, 1.807) is 42.5 Å². The van der Waals surface area contributed by atoms with Gasteiger partial charge in [-0.2, -0.15) is 5.10 Å². The van der Waals surface area contributed by atoms with E-state index in [-0.39, 0.29) is 10.6 Å². The Morgan fingerprint density at radius 3 is 2.21 bits per heavy atom. The van der Waals surface area contributed by atoms with E-state index in [2.05, 4.69) is 10.5 Å². The van der Waals surface area contributed by atoms with E-state index in [0.29, 0.717) is 10.0 Å². The Morgan fingerprint density at radius 2 is 1.59 bits per heavy atom. The second-order valence-corrected chi connectivity index (χ2v) is 11.6. The lowest BCUT2D eigenvalue weighted by atomic mass is 10.2. The quantitative estimate of drug-likeness (QED) is 0.197. The van der Waals surface area contributed by atoms with Gasteiger partial charge in [0.15, 0.2) is 0 Å². The molecule has 0 unspecified atom stereocenters. The average molecular weight is 588 g/mol. The van der Waals surface area contributed by atoms with E-state index >= 15 is 0 Å². The van der Waals surface area contributed by atoms with Crippen LogP contribution in [-0.4, -0.2) is 31.7 Å². The summed E-state index contributed by atoms with van der Waals surface area (Å²) in [7, 11) is -4.17. The van der Waals surface area contributed by atoms with Gasteiger partial charge in [-0.3, -0.25) is 9.10 Å². The molecule has 7 nitrogen and oxygen atoms in total. The molecule has 0 aliphatic carbocycles. The third-order valence-electron chi connectivity index (χ3n) is 5.98. The molecule has 1 N–H and O–H groups in total. The molecule has 4 rings (SSSR count). The summed E-state index contributed by atoms with van der Waals surface area (Å²) in [6.45, 7) is 5.12. The highest BCUT2D eigenvalue weighted by molar-refractivity contribution is 7.92. The average Bonchev–Trinajstić information content (AvgIpc) is 3.15. The summed E-state index contributed by atoms with van der Waals surface area (Å²) in [5.74, 6) is -1.23. The van der Waals surface area contributed by atoms with Gasteiger partial charge >= 0.3 is 0 Å². The maximum absolute atomic E-state index is 13.4. The first kappa shape index (κ1) is 28.4. The van der Waals surface area contributed by atoms with Crippen LogP contribution in [0, 0.1) is 26.6 Å². The van der Waals surface area contributed by atoms with Gasteiger partial charge < -0.3 is 4.57 Å². The van der Waals surface area contributed by atoms with Crippen LogP contribution in [0.25, 0.3) is 5.69 Å². The number of nitrogens with zero attached hydrogens (tertiary/aromatic N) is 3. The zero-order valence-electron chi connectivity index (χ0n) is 21.3. The second kappa shape index (κ2) is 11.6. The Balaban J connectivity index is 1.56. The van der Waals surface area contributed by atoms with Crippen LogP contribution in [0.15, 0.2) is 82.8 Å². The molecule has 0 radical (unpaired) electrons. The van der Waals surface area contributed by atoms with Crippen molar-refractivity contribution in [3.8, 4) is 5.69 Å². The molecule has 3 aromatic carbocycles. The molecule has 0 saturated heterocycles. The molecule has 1 heterocycles. The number of carbonyl (C=O) groups is 1. The van der Waals surface area contributed by atoms with Crippen molar-refractivity contribution in [3.63, 3.8) is 0 Å². The largest absolute Gasteiger partial charge is 0.318 e. The Labute approximate surface area is 236 Å². The van der Waals surface area contributed by atoms with Crippen molar-refractivity contribution < 1.29 is 17.6 Å². The highest BCUT2D eigenvalue weighted by Crippen LogP contribution is 2.26. The van der Waals surface area contributed by atoms with Crippen LogP contribution < -0.4 is 9.73 Å². The maximum Gasteiger partial charge on any atom is 0.264 e. The number of sulfonamides is 1. The van der Waals surface area contributed by atoms with E-state index in [1.165, 1.54) is 6.21 Å². The predicted octanol–water partition coefficient (Wildman–Crippen LogP) is 6.19. The van der Waals surface area contributed by atoms with Gasteiger partial charge in [-0.1, -0.05) is 40.9 Å². The van der Waals surface area contributed by atoms with Gasteiger partial charge in [0.2, 0.25) is 0 Å². The minimum absolute atomic E-state index is 0.144. The first-order valence-corrected chi connectivity index (χ1v) is 14.0. The molecule has 11 heteroatoms. The number of benzene rings is 3. The minimum atomic E-state index is -4.17. The van der Waals surface area contributed by atoms with Crippen molar-refractivity contribution in [2.75, 3.05) is 10.8 Å². The highest BCUT2D eigenvalue weighted by Gasteiger charge is 2.27. The van der Waals surface area contributed by atoms with Gasteiger partial charge in [0, 0.05) is 32.7 Å². The lowest BCUT2D eigenvalue weighted by molar-refractivity contribution is -0.119. The standard InChI is InChI=1S/C28H25Cl2FN4O3S/c1-18-4-8-25(9-5-18)34(39(37,38)27-10-6-24(31)7-11-27)17-28(36)33-32-16-21-12-19(2)35(20(21)3)26-14-22(29)13-23(30)15-26/h4-16H,17H2,1-3H3,(H,33,36)/b32-16+. The number of hydrogen-bond donors (Lipinski definition) is 1. The van der Waals surface area contributed by atoms with Gasteiger partial charge in [-0.05, 0) is 81.4 Å². The molecule has 4 aromatic rings. The van der Waals surface area contributed by atoms with Crippen molar-refractivity contribution in [2.24, 2.45) is 5.10 Å². The molecule has 0 spiro atoms. The molecular weight excluding hydrogens is 562 g/mol. The zero-order valence-corrected chi connectivity index (χ0v) is 23.6. The summed E-state index contributed by atoms with van der Waals surface area (Å²) in [5.41, 5.74) is 6.86. The normalized spacial score (nSPS) is 11.6. The summed E-state index contributed by atoms with van der Waals surface area (Å²) in [6, 6.07) is 18.2. The number of hydrogen-bond acceptors (Lipinski definition) is 4. The van der Waals surface area contributed by atoms with Crippen molar-refractivity contribution in [1.29, 1.82) is 0 Å². The Bertz CT molecular complexity index is 1630. The Hall–Kier alpha value is -3.66. The number of hydrazone groups is 1. The SMILES string of the molecule is Cc1ccc(N(CC(=O)N/N=C/c2cc(C)n(-c3cc(Cl)cc(Cl)c3)c2C)S(=O)(=O)c2ccc(F)cc2)cc1. The number of carbonyl (C=O) groups excluding carboxylic acids is 1. The maximum atomic E-state index is 13.4. The molecule has 0 aliphatic heterocycles. The van der Waals surface area contributed by atoms with Crippen LogP contribution in [0.5, 0.6) is 0 Å². The van der Waals surface area contributed by atoms with Crippen LogP contribution in [0.4, 0.5) is 10.1 Å². The number of amides is 1. The van der Waals surface area contributed by atoms with Crippen LogP contribution in [0.3, 0.4) is 0 Å². The summed E-state index contributed by atoms with van der Waals surface area (Å²) in [5, 5.41) is 5.05. The third kappa shape index (κ3) is 6.50. The van der Waals surface area contributed by atoms with E-state index in [4.69, 9.17) is 23.2 Å². The summed E-state index contributed by atoms with van der Waals surface area (Å²) in [6.07, 6.45) is 1.48. The van der Waals surface area contributed by atoms with E-state index in [9.17, 15) is 17.6 Å². The van der Waals surface area contributed by atoms with E-state index < -0.39 is 28.3 Å². The Kier molecular flexibility index (Phi) is 8.44. The van der Waals surface area contributed by atoms with E-state index in [0.717, 1.165) is 56.8 Å². The number of nitrogens with one attached hydrogen (secondary N) is 1. The molecule has 0 aliphatic rings. The number of aryl methyl sites for hydroxylation is 2. The molecule has 0 saturated carbocycles. The fraction of sp³-hybridized carbons (Fsp3) is 0.143. The van der Waals surface area contributed by atoms with Crippen LogP contribution in [-0.2, 0) is 14.8 Å². The fourth-order valence-electron chi connectivity index (χ4n) is 4.08. The fourth-order valence-corrected chi connectivity index (χ4v) is 6.02. The molecule has 202 valence electrons. The van der Waals surface area contributed by atoms with Gasteiger partial charge in [-0.25, -0.2) is 18.2 Å². The van der Waals surface area contributed by atoms with Crippen molar-refractivity contribution in [3.05, 3.63) is 111 Å². The number of anilines is 1. The lowest BCUT2D eigenvalue weighted by Crippen LogP contribution is -2.39. The van der Waals surface area contributed by atoms with Crippen molar-refractivity contribution in [2.45, 2.75) is 25.7 Å². The molecule has 1 aromatic heterocycles. The minimum Gasteiger partial charge on any atom is -0.318 e. The smallest absolute Gasteiger partial charge is 0.264 e. The zero-order chi connectivity index (χ0) is 28.3. The molecule has 1 amide bonds.